The van der Waals surface area contributed by atoms with Gasteiger partial charge < -0.3 is 5.32 Å². The third-order valence-corrected chi connectivity index (χ3v) is 4.34. The third kappa shape index (κ3) is 3.88. The van der Waals surface area contributed by atoms with Gasteiger partial charge in [-0.3, -0.25) is 4.90 Å². The van der Waals surface area contributed by atoms with Crippen LogP contribution in [0, 0.1) is 12.8 Å². The Balaban J connectivity index is 1.65. The molecule has 124 valence electrons. The smallest absolute Gasteiger partial charge is 0.247 e. The van der Waals surface area contributed by atoms with E-state index in [9.17, 15) is 0 Å². The van der Waals surface area contributed by atoms with E-state index in [0.29, 0.717) is 17.9 Å². The number of nitrogens with zero attached hydrogens (tertiary/aromatic N) is 5. The lowest BCUT2D eigenvalue weighted by Gasteiger charge is -2.26. The van der Waals surface area contributed by atoms with E-state index in [-0.39, 0.29) is 0 Å². The molecule has 1 aromatic carbocycles. The highest BCUT2D eigenvalue weighted by atomic mass is 15.6. The first kappa shape index (κ1) is 15.9. The summed E-state index contributed by atoms with van der Waals surface area (Å²) < 4.78 is 1.77. The molecule has 1 N–H and O–H groups in total. The highest BCUT2D eigenvalue weighted by Crippen LogP contribution is 2.19. The van der Waals surface area contributed by atoms with Crippen molar-refractivity contribution >= 4 is 5.95 Å². The lowest BCUT2D eigenvalue weighted by molar-refractivity contribution is 0.234. The molecule has 1 aliphatic heterocycles. The van der Waals surface area contributed by atoms with E-state index >= 15 is 0 Å². The van der Waals surface area contributed by atoms with Crippen LogP contribution in [0.3, 0.4) is 0 Å². The number of tetrazole rings is 1. The number of rotatable bonds is 6. The van der Waals surface area contributed by atoms with Crippen LogP contribution in [0.25, 0.3) is 5.69 Å². The second-order valence-corrected chi connectivity index (χ2v) is 6.82. The van der Waals surface area contributed by atoms with Crippen LogP contribution in [0.2, 0.25) is 0 Å². The third-order valence-electron chi connectivity index (χ3n) is 4.34. The van der Waals surface area contributed by atoms with Gasteiger partial charge in [0.2, 0.25) is 5.95 Å². The first-order valence-electron chi connectivity index (χ1n) is 8.47. The van der Waals surface area contributed by atoms with Crippen molar-refractivity contribution in [1.29, 1.82) is 0 Å². The molecule has 1 saturated heterocycles. The largest absolute Gasteiger partial charge is 0.351 e. The topological polar surface area (TPSA) is 58.9 Å². The van der Waals surface area contributed by atoms with Crippen LogP contribution < -0.4 is 5.32 Å². The van der Waals surface area contributed by atoms with Gasteiger partial charge in [0.15, 0.2) is 0 Å². The molecule has 0 unspecified atom stereocenters. The molecule has 6 heteroatoms. The molecule has 6 nitrogen and oxygen atoms in total. The molecule has 0 bridgehead atoms. The first-order valence-corrected chi connectivity index (χ1v) is 8.47. The fraction of sp³-hybridized carbons (Fsp3) is 0.588. The number of nitrogens with one attached hydrogen (secondary N) is 1. The van der Waals surface area contributed by atoms with Gasteiger partial charge in [0, 0.05) is 19.1 Å². The summed E-state index contributed by atoms with van der Waals surface area (Å²) in [6.07, 6.45) is 2.52. The van der Waals surface area contributed by atoms with E-state index in [1.807, 2.05) is 12.1 Å². The van der Waals surface area contributed by atoms with E-state index in [1.165, 1.54) is 24.9 Å². The quantitative estimate of drug-likeness (QED) is 0.888. The minimum Gasteiger partial charge on any atom is -0.351 e. The Kier molecular flexibility index (Phi) is 4.91. The van der Waals surface area contributed by atoms with E-state index in [1.54, 1.807) is 4.68 Å². The van der Waals surface area contributed by atoms with Crippen LogP contribution in [0.5, 0.6) is 0 Å². The normalized spacial score (nSPS) is 18.7. The molecule has 1 aromatic heterocycles. The lowest BCUT2D eigenvalue weighted by atomic mass is 10.1. The summed E-state index contributed by atoms with van der Waals surface area (Å²) >= 11 is 0. The van der Waals surface area contributed by atoms with Gasteiger partial charge in [-0.05, 0) is 54.8 Å². The van der Waals surface area contributed by atoms with E-state index in [4.69, 9.17) is 0 Å². The van der Waals surface area contributed by atoms with Gasteiger partial charge in [0.05, 0.1) is 5.69 Å². The Labute approximate surface area is 137 Å². The number of aryl methyl sites for hydroxylation is 1. The Morgan fingerprint density at radius 1 is 1.26 bits per heavy atom. The Morgan fingerprint density at radius 3 is 2.78 bits per heavy atom. The number of anilines is 1. The van der Waals surface area contributed by atoms with Gasteiger partial charge in [-0.1, -0.05) is 36.6 Å². The van der Waals surface area contributed by atoms with Crippen LogP contribution in [0.15, 0.2) is 24.3 Å². The van der Waals surface area contributed by atoms with Gasteiger partial charge in [-0.25, -0.2) is 0 Å². The van der Waals surface area contributed by atoms with Crippen molar-refractivity contribution < 1.29 is 0 Å². The van der Waals surface area contributed by atoms with Gasteiger partial charge in [0.1, 0.15) is 0 Å². The number of hydrogen-bond acceptors (Lipinski definition) is 5. The molecule has 0 aliphatic carbocycles. The molecule has 2 aromatic rings. The number of hydrogen-bond donors (Lipinski definition) is 1. The highest BCUT2D eigenvalue weighted by Gasteiger charge is 2.25. The van der Waals surface area contributed by atoms with Gasteiger partial charge in [0.25, 0.3) is 0 Å². The molecule has 0 amide bonds. The van der Waals surface area contributed by atoms with Crippen molar-refractivity contribution in [3.8, 4) is 5.69 Å². The molecule has 1 fully saturated rings. The van der Waals surface area contributed by atoms with Crippen molar-refractivity contribution in [3.05, 3.63) is 29.8 Å². The maximum atomic E-state index is 4.13. The van der Waals surface area contributed by atoms with Crippen LogP contribution in [-0.2, 0) is 0 Å². The van der Waals surface area contributed by atoms with Crippen LogP contribution in [0.4, 0.5) is 5.95 Å². The minimum atomic E-state index is 0.570. The summed E-state index contributed by atoms with van der Waals surface area (Å²) in [6, 6.07) is 8.79. The van der Waals surface area contributed by atoms with Gasteiger partial charge in [-0.15, -0.1) is 0 Å². The second-order valence-electron chi connectivity index (χ2n) is 6.82. The summed E-state index contributed by atoms with van der Waals surface area (Å²) in [5.41, 5.74) is 2.21. The Bertz CT molecular complexity index is 618. The minimum absolute atomic E-state index is 0.570. The Hall–Kier alpha value is -1.95. The molecular formula is C17H26N6. The van der Waals surface area contributed by atoms with Crippen LogP contribution in [0.1, 0.15) is 32.3 Å². The number of likely N-dealkylation sites (tertiary alicyclic amines) is 1. The summed E-state index contributed by atoms with van der Waals surface area (Å²) in [6.45, 7) is 9.88. The lowest BCUT2D eigenvalue weighted by Crippen LogP contribution is -2.37. The molecular weight excluding hydrogens is 288 g/mol. The average Bonchev–Trinajstić information content (AvgIpc) is 3.14. The van der Waals surface area contributed by atoms with Crippen molar-refractivity contribution in [2.24, 2.45) is 5.92 Å². The average molecular weight is 314 g/mol. The maximum absolute atomic E-state index is 4.13. The molecule has 1 aliphatic rings. The predicted molar refractivity (Wildman–Crippen MR) is 91.8 cm³/mol. The molecule has 0 saturated carbocycles. The molecule has 2 heterocycles. The summed E-state index contributed by atoms with van der Waals surface area (Å²) in [5, 5.41) is 15.5. The summed E-state index contributed by atoms with van der Waals surface area (Å²) in [5.74, 6) is 1.42. The highest BCUT2D eigenvalue weighted by molar-refractivity contribution is 5.40. The molecule has 0 radical (unpaired) electrons. The van der Waals surface area contributed by atoms with E-state index in [0.717, 1.165) is 18.8 Å². The molecule has 1 atom stereocenters. The predicted octanol–water partition coefficient (Wildman–Crippen LogP) is 2.50. The molecule has 23 heavy (non-hydrogen) atoms. The summed E-state index contributed by atoms with van der Waals surface area (Å²) in [4.78, 5) is 2.58. The van der Waals surface area contributed by atoms with E-state index in [2.05, 4.69) is 58.6 Å². The van der Waals surface area contributed by atoms with Crippen LogP contribution in [-0.4, -0.2) is 50.8 Å². The maximum Gasteiger partial charge on any atom is 0.247 e. The second kappa shape index (κ2) is 7.08. The van der Waals surface area contributed by atoms with E-state index < -0.39 is 0 Å². The monoisotopic (exact) mass is 314 g/mol. The van der Waals surface area contributed by atoms with Crippen molar-refractivity contribution in [2.75, 3.05) is 25.0 Å². The van der Waals surface area contributed by atoms with Crippen molar-refractivity contribution in [2.45, 2.75) is 39.7 Å². The zero-order valence-electron chi connectivity index (χ0n) is 14.2. The fourth-order valence-electron chi connectivity index (χ4n) is 3.20. The van der Waals surface area contributed by atoms with Crippen molar-refractivity contribution in [3.63, 3.8) is 0 Å². The molecule has 3 rings (SSSR count). The van der Waals surface area contributed by atoms with Crippen molar-refractivity contribution in [1.82, 2.24) is 25.1 Å². The van der Waals surface area contributed by atoms with Crippen LogP contribution >= 0.6 is 0 Å². The van der Waals surface area contributed by atoms with Gasteiger partial charge in [-0.2, -0.15) is 4.68 Å². The Morgan fingerprint density at radius 2 is 2.04 bits per heavy atom. The van der Waals surface area contributed by atoms with Gasteiger partial charge >= 0.3 is 0 Å². The zero-order valence-corrected chi connectivity index (χ0v) is 14.2. The zero-order chi connectivity index (χ0) is 16.2. The SMILES string of the molecule is Cc1ccc(-n2nnnc2NC[C@@H]2CCCN2CC(C)C)cc1. The standard InChI is InChI=1S/C17H26N6/c1-13(2)12-22-10-4-5-16(22)11-18-17-19-20-21-23(17)15-8-6-14(3)7-9-15/h6-9,13,16H,4-5,10-12H2,1-3H3,(H,18,19,21)/t16-/m0/s1. The number of aromatic nitrogens is 4. The molecule has 0 spiro atoms. The summed E-state index contributed by atoms with van der Waals surface area (Å²) in [7, 11) is 0. The number of benzene rings is 1. The first-order chi connectivity index (χ1) is 11.1. The fourth-order valence-corrected chi connectivity index (χ4v) is 3.20.